The number of hydrogen-bond acceptors (Lipinski definition) is 8. The molecule has 0 saturated carbocycles. The van der Waals surface area contributed by atoms with Crippen molar-refractivity contribution in [1.82, 2.24) is 5.32 Å². The number of rotatable bonds is 43. The molecule has 1 amide bonds. The van der Waals surface area contributed by atoms with Gasteiger partial charge in [-0.25, -0.2) is 9.36 Å². The predicted molar refractivity (Wildman–Crippen MR) is 240 cm³/mol. The first-order valence-corrected chi connectivity index (χ1v) is 24.7. The lowest BCUT2D eigenvalue weighted by molar-refractivity contribution is -0.147. The van der Waals surface area contributed by atoms with Crippen molar-refractivity contribution in [3.05, 3.63) is 48.6 Å². The second-order valence-electron chi connectivity index (χ2n) is 15.6. The number of carboxylic acid groups (broad SMARTS) is 1. The highest BCUT2D eigenvalue weighted by Gasteiger charge is 2.28. The molecule has 0 fully saturated rings. The van der Waals surface area contributed by atoms with Crippen LogP contribution in [0.4, 0.5) is 0 Å². The smallest absolute Gasteiger partial charge is 0.472 e. The van der Waals surface area contributed by atoms with Gasteiger partial charge in [-0.3, -0.25) is 18.6 Å². The van der Waals surface area contributed by atoms with E-state index in [1.54, 1.807) is 0 Å². The Labute approximate surface area is 358 Å². The Morgan fingerprint density at radius 3 is 1.42 bits per heavy atom. The number of nitrogens with one attached hydrogen (secondary N) is 1. The number of allylic oxidation sites excluding steroid dienone is 8. The van der Waals surface area contributed by atoms with Gasteiger partial charge in [0.2, 0.25) is 5.91 Å². The Kier molecular flexibility index (Phi) is 40.3. The molecule has 0 bridgehead atoms. The third kappa shape index (κ3) is 41.9. The van der Waals surface area contributed by atoms with Crippen LogP contribution in [-0.4, -0.2) is 64.9 Å². The molecular weight excluding hydrogens is 769 g/mol. The van der Waals surface area contributed by atoms with Crippen molar-refractivity contribution in [1.29, 1.82) is 0 Å². The van der Waals surface area contributed by atoms with Gasteiger partial charge in [-0.2, -0.15) is 0 Å². The fourth-order valence-electron chi connectivity index (χ4n) is 6.24. The fraction of sp³-hybridized carbons (Fsp3) is 0.766. The number of phosphoric acid groups is 1. The third-order valence-corrected chi connectivity index (χ3v) is 10.8. The van der Waals surface area contributed by atoms with Crippen molar-refractivity contribution in [2.75, 3.05) is 19.8 Å². The first kappa shape index (κ1) is 56.4. The maximum absolute atomic E-state index is 12.3. The molecule has 342 valence electrons. The molecule has 4 N–H and O–H groups in total. The lowest BCUT2D eigenvalue weighted by Crippen LogP contribution is -2.43. The van der Waals surface area contributed by atoms with Crippen LogP contribution in [-0.2, 0) is 32.7 Å². The first-order chi connectivity index (χ1) is 28.6. The number of phosphoric ester groups is 1. The molecule has 0 aliphatic heterocycles. The minimum Gasteiger partial charge on any atom is -0.480 e. The van der Waals surface area contributed by atoms with Crippen molar-refractivity contribution in [3.8, 4) is 0 Å². The molecule has 3 atom stereocenters. The molecule has 0 rings (SSSR count). The van der Waals surface area contributed by atoms with E-state index in [4.69, 9.17) is 13.8 Å². The van der Waals surface area contributed by atoms with Crippen molar-refractivity contribution in [2.45, 2.75) is 212 Å². The van der Waals surface area contributed by atoms with E-state index >= 15 is 0 Å². The summed E-state index contributed by atoms with van der Waals surface area (Å²) in [7, 11) is -4.76. The predicted octanol–water partition coefficient (Wildman–Crippen LogP) is 12.2. The number of amides is 1. The van der Waals surface area contributed by atoms with Crippen LogP contribution in [0.1, 0.15) is 200 Å². The summed E-state index contributed by atoms with van der Waals surface area (Å²) in [5.41, 5.74) is 0. The van der Waals surface area contributed by atoms with Gasteiger partial charge in [0.1, 0.15) is 12.7 Å². The molecule has 0 aromatic heterocycles. The maximum Gasteiger partial charge on any atom is 0.472 e. The van der Waals surface area contributed by atoms with Gasteiger partial charge >= 0.3 is 19.8 Å². The number of hydrogen-bond donors (Lipinski definition) is 4. The molecule has 0 saturated heterocycles. The van der Waals surface area contributed by atoms with Crippen LogP contribution in [0.2, 0.25) is 0 Å². The molecule has 12 heteroatoms. The van der Waals surface area contributed by atoms with Gasteiger partial charge in [0, 0.05) is 12.8 Å². The normalized spacial score (nSPS) is 14.1. The Balaban J connectivity index is 3.91. The van der Waals surface area contributed by atoms with Crippen molar-refractivity contribution >= 4 is 25.7 Å². The lowest BCUT2D eigenvalue weighted by Gasteiger charge is -2.18. The van der Waals surface area contributed by atoms with Crippen LogP contribution in [0, 0.1) is 0 Å². The summed E-state index contributed by atoms with van der Waals surface area (Å²) in [5, 5.41) is 21.8. The Morgan fingerprint density at radius 1 is 0.542 bits per heavy atom. The Hall–Kier alpha value is -2.56. The molecule has 3 unspecified atom stereocenters. The van der Waals surface area contributed by atoms with Crippen LogP contribution in [0.3, 0.4) is 0 Å². The molecule has 0 aromatic carbocycles. The number of aliphatic hydroxyl groups is 1. The fourth-order valence-corrected chi connectivity index (χ4v) is 7.01. The van der Waals surface area contributed by atoms with E-state index in [0.29, 0.717) is 12.8 Å². The standard InChI is InChI=1S/C47H84NO10P/c1-3-5-7-9-11-13-15-17-18-19-20-21-22-23-24-25-26-27-28-30-32-34-36-38-45(50)48-44(47(52)53)42-58-59(54,55)57-41-43(49)40-56-46(51)39-37-35-33-31-29-16-14-12-10-8-6-4-2/h11,13,17-18,20-21,23-24,43-44,49H,3-10,12,14-16,19,22,25-42H2,1-2H3,(H,48,50)(H,52,53)(H,54,55)/b13-11-,18-17-,21-20-,24-23-. The van der Waals surface area contributed by atoms with Gasteiger partial charge in [0.05, 0.1) is 13.2 Å². The van der Waals surface area contributed by atoms with Crippen LogP contribution in [0.5, 0.6) is 0 Å². The minimum atomic E-state index is -4.76. The molecule has 0 radical (unpaired) electrons. The molecule has 59 heavy (non-hydrogen) atoms. The van der Waals surface area contributed by atoms with Gasteiger partial charge < -0.3 is 25.2 Å². The number of aliphatic hydroxyl groups excluding tert-OH is 1. The van der Waals surface area contributed by atoms with Crippen LogP contribution >= 0.6 is 7.82 Å². The highest BCUT2D eigenvalue weighted by molar-refractivity contribution is 7.47. The minimum absolute atomic E-state index is 0.132. The number of aliphatic carboxylic acids is 1. The number of unbranched alkanes of at least 4 members (excludes halogenated alkanes) is 21. The number of carboxylic acids is 1. The summed E-state index contributed by atoms with van der Waals surface area (Å²) in [6.45, 7) is 2.56. The molecule has 11 nitrogen and oxygen atoms in total. The number of ether oxygens (including phenoxy) is 1. The number of esters is 1. The lowest BCUT2D eigenvalue weighted by atomic mass is 10.0. The summed E-state index contributed by atoms with van der Waals surface area (Å²) >= 11 is 0. The third-order valence-electron chi connectivity index (χ3n) is 9.87. The van der Waals surface area contributed by atoms with E-state index in [1.807, 2.05) is 0 Å². The topological polar surface area (TPSA) is 169 Å². The van der Waals surface area contributed by atoms with Gasteiger partial charge in [0.15, 0.2) is 6.04 Å². The van der Waals surface area contributed by atoms with Gasteiger partial charge in [-0.15, -0.1) is 0 Å². The summed E-state index contributed by atoms with van der Waals surface area (Å²) in [5.74, 6) is -2.39. The number of carbonyl (C=O) groups excluding carboxylic acids is 2. The molecule has 0 aliphatic carbocycles. The zero-order valence-corrected chi connectivity index (χ0v) is 37.9. The van der Waals surface area contributed by atoms with E-state index in [2.05, 4.69) is 67.8 Å². The van der Waals surface area contributed by atoms with Gasteiger partial charge in [-0.05, 0) is 57.8 Å². The van der Waals surface area contributed by atoms with Crippen molar-refractivity contribution in [3.63, 3.8) is 0 Å². The highest BCUT2D eigenvalue weighted by Crippen LogP contribution is 2.43. The molecule has 0 aromatic rings. The van der Waals surface area contributed by atoms with Crippen molar-refractivity contribution < 1.29 is 47.8 Å². The first-order valence-electron chi connectivity index (χ1n) is 23.2. The molecule has 0 spiro atoms. The van der Waals surface area contributed by atoms with E-state index in [9.17, 15) is 34.1 Å². The maximum atomic E-state index is 12.3. The van der Waals surface area contributed by atoms with E-state index < -0.39 is 57.6 Å². The summed E-state index contributed by atoms with van der Waals surface area (Å²) in [6, 6.07) is -1.55. The van der Waals surface area contributed by atoms with Crippen LogP contribution in [0.25, 0.3) is 0 Å². The quantitative estimate of drug-likeness (QED) is 0.0200. The Bertz CT molecular complexity index is 1190. The monoisotopic (exact) mass is 854 g/mol. The zero-order valence-electron chi connectivity index (χ0n) is 37.0. The van der Waals surface area contributed by atoms with Gasteiger partial charge in [-0.1, -0.05) is 178 Å². The van der Waals surface area contributed by atoms with Crippen molar-refractivity contribution in [2.24, 2.45) is 0 Å². The van der Waals surface area contributed by atoms with Gasteiger partial charge in [0.25, 0.3) is 0 Å². The number of carbonyl (C=O) groups is 3. The second kappa shape index (κ2) is 42.1. The molecule has 0 heterocycles. The summed E-state index contributed by atoms with van der Waals surface area (Å²) < 4.78 is 26.8. The molecular formula is C47H84NO10P. The van der Waals surface area contributed by atoms with Crippen LogP contribution in [0.15, 0.2) is 48.6 Å². The summed E-state index contributed by atoms with van der Waals surface area (Å²) in [6.07, 6.45) is 47.0. The van der Waals surface area contributed by atoms with E-state index in [1.165, 1.54) is 77.0 Å². The molecule has 0 aliphatic rings. The largest absolute Gasteiger partial charge is 0.480 e. The Morgan fingerprint density at radius 2 is 0.932 bits per heavy atom. The second-order valence-corrected chi connectivity index (χ2v) is 17.0. The average molecular weight is 854 g/mol. The SMILES string of the molecule is CCCCC/C=C\C/C=C\C/C=C\C/C=C\CCCCCCCCCC(=O)NC(COP(=O)(O)OCC(O)COC(=O)CCCCCCCCCCCCCC)C(=O)O. The van der Waals surface area contributed by atoms with Crippen LogP contribution < -0.4 is 5.32 Å². The van der Waals surface area contributed by atoms with E-state index in [0.717, 1.165) is 83.5 Å². The summed E-state index contributed by atoms with van der Waals surface area (Å²) in [4.78, 5) is 45.9. The zero-order chi connectivity index (χ0) is 43.5. The average Bonchev–Trinajstić information content (AvgIpc) is 3.21. The highest BCUT2D eigenvalue weighted by atomic mass is 31.2. The van der Waals surface area contributed by atoms with E-state index in [-0.39, 0.29) is 12.8 Å².